The lowest BCUT2D eigenvalue weighted by Crippen LogP contribution is -2.44. The van der Waals surface area contributed by atoms with E-state index < -0.39 is 5.91 Å². The second kappa shape index (κ2) is 6.70. The molecule has 0 atom stereocenters. The third-order valence-corrected chi connectivity index (χ3v) is 3.12. The highest BCUT2D eigenvalue weighted by Crippen LogP contribution is 2.05. The third-order valence-electron chi connectivity index (χ3n) is 3.12. The first-order valence-electron chi connectivity index (χ1n) is 6.92. The Bertz CT molecular complexity index is 805. The van der Waals surface area contributed by atoms with Crippen molar-refractivity contribution < 1.29 is 4.79 Å². The van der Waals surface area contributed by atoms with Crippen LogP contribution in [0.2, 0.25) is 0 Å². The summed E-state index contributed by atoms with van der Waals surface area (Å²) >= 11 is 0. The number of rotatable bonds is 3. The molecule has 0 saturated carbocycles. The van der Waals surface area contributed by atoms with Gasteiger partial charge < -0.3 is 10.3 Å². The maximum absolute atomic E-state index is 12.4. The van der Waals surface area contributed by atoms with E-state index in [2.05, 4.69) is 10.3 Å². The van der Waals surface area contributed by atoms with Gasteiger partial charge in [-0.3, -0.25) is 9.59 Å². The molecule has 0 aliphatic heterocycles. The molecule has 4 nitrogen and oxygen atoms in total. The molecule has 21 heavy (non-hydrogen) atoms. The maximum atomic E-state index is 12.4. The van der Waals surface area contributed by atoms with Gasteiger partial charge in [0.15, 0.2) is 0 Å². The van der Waals surface area contributed by atoms with Crippen LogP contribution >= 0.6 is 0 Å². The summed E-state index contributed by atoms with van der Waals surface area (Å²) in [5.74, 6) is -0.407. The van der Waals surface area contributed by atoms with Gasteiger partial charge in [0.2, 0.25) is 5.43 Å². The van der Waals surface area contributed by atoms with Crippen LogP contribution in [-0.2, 0) is 0 Å². The van der Waals surface area contributed by atoms with Gasteiger partial charge in [0.1, 0.15) is 5.56 Å². The van der Waals surface area contributed by atoms with E-state index in [-0.39, 0.29) is 11.0 Å². The minimum atomic E-state index is -0.407. The standard InChI is InChI=1S/C17H18N2O2/c1-3-8-13-15(4-2)18-11-14(16(13)20)17(21)19-12-9-6-5-7-10-12/h4-11,18H,3H2,1-2H3,(H,19,21)/b13-8+,15-4+. The van der Waals surface area contributed by atoms with Crippen LogP contribution < -0.4 is 21.3 Å². The molecule has 1 heterocycles. The molecule has 0 fully saturated rings. The van der Waals surface area contributed by atoms with Crippen molar-refractivity contribution in [2.24, 2.45) is 0 Å². The molecule has 108 valence electrons. The van der Waals surface area contributed by atoms with Gasteiger partial charge in [0.05, 0.1) is 0 Å². The van der Waals surface area contributed by atoms with Crippen molar-refractivity contribution in [1.29, 1.82) is 0 Å². The van der Waals surface area contributed by atoms with Crippen LogP contribution in [-0.4, -0.2) is 10.9 Å². The Morgan fingerprint density at radius 3 is 2.62 bits per heavy atom. The number of amides is 1. The highest BCUT2D eigenvalue weighted by molar-refractivity contribution is 6.03. The quantitative estimate of drug-likeness (QED) is 0.898. The lowest BCUT2D eigenvalue weighted by molar-refractivity contribution is 0.102. The van der Waals surface area contributed by atoms with E-state index in [9.17, 15) is 9.59 Å². The minimum absolute atomic E-state index is 0.115. The molecule has 0 aliphatic rings. The monoisotopic (exact) mass is 282 g/mol. The second-order valence-corrected chi connectivity index (χ2v) is 4.58. The molecule has 2 rings (SSSR count). The number of aromatic nitrogens is 1. The summed E-state index contributed by atoms with van der Waals surface area (Å²) < 4.78 is 0. The van der Waals surface area contributed by atoms with Gasteiger partial charge in [-0.2, -0.15) is 0 Å². The summed E-state index contributed by atoms with van der Waals surface area (Å²) in [6.07, 6.45) is 5.84. The van der Waals surface area contributed by atoms with Crippen LogP contribution in [0.3, 0.4) is 0 Å². The number of anilines is 1. The molecular formula is C17H18N2O2. The van der Waals surface area contributed by atoms with Gasteiger partial charge in [0, 0.05) is 22.5 Å². The number of carbonyl (C=O) groups excluding carboxylic acids is 1. The van der Waals surface area contributed by atoms with Crippen LogP contribution in [0.1, 0.15) is 30.6 Å². The van der Waals surface area contributed by atoms with Crippen molar-refractivity contribution >= 4 is 23.7 Å². The van der Waals surface area contributed by atoms with E-state index in [0.29, 0.717) is 10.9 Å². The summed E-state index contributed by atoms with van der Waals surface area (Å²) in [5.41, 5.74) is 0.523. The third kappa shape index (κ3) is 3.28. The Morgan fingerprint density at radius 1 is 1.29 bits per heavy atom. The molecule has 2 aromatic rings. The van der Waals surface area contributed by atoms with E-state index in [1.54, 1.807) is 12.1 Å². The SMILES string of the molecule is C/C=c1/[nH]cc(C(=O)Nc2ccccc2)c(=O)/c1=C/CC. The van der Waals surface area contributed by atoms with Crippen LogP contribution in [0, 0.1) is 0 Å². The zero-order chi connectivity index (χ0) is 15.2. The predicted molar refractivity (Wildman–Crippen MR) is 85.6 cm³/mol. The maximum Gasteiger partial charge on any atom is 0.261 e. The zero-order valence-electron chi connectivity index (χ0n) is 12.1. The van der Waals surface area contributed by atoms with Crippen LogP contribution in [0.5, 0.6) is 0 Å². The number of aromatic amines is 1. The van der Waals surface area contributed by atoms with Crippen LogP contribution in [0.25, 0.3) is 12.2 Å². The minimum Gasteiger partial charge on any atom is -0.360 e. The molecule has 1 amide bonds. The summed E-state index contributed by atoms with van der Waals surface area (Å²) in [6.45, 7) is 3.80. The molecule has 1 aromatic carbocycles. The molecule has 0 unspecified atom stereocenters. The Kier molecular flexibility index (Phi) is 4.72. The molecule has 2 N–H and O–H groups in total. The molecule has 0 aliphatic carbocycles. The Labute approximate surface area is 122 Å². The molecule has 1 aromatic heterocycles. The number of benzene rings is 1. The number of H-pyrrole nitrogens is 1. The van der Waals surface area contributed by atoms with Gasteiger partial charge in [-0.1, -0.05) is 37.3 Å². The number of nitrogens with one attached hydrogen (secondary N) is 2. The second-order valence-electron chi connectivity index (χ2n) is 4.58. The van der Waals surface area contributed by atoms with Crippen LogP contribution in [0.15, 0.2) is 41.3 Å². The average Bonchev–Trinajstić information content (AvgIpc) is 2.50. The fraction of sp³-hybridized carbons (Fsp3) is 0.176. The molecule has 0 radical (unpaired) electrons. The normalized spacial score (nSPS) is 12.5. The van der Waals surface area contributed by atoms with Crippen molar-refractivity contribution in [3.05, 3.63) is 62.9 Å². The summed E-state index contributed by atoms with van der Waals surface area (Å²) in [6, 6.07) is 9.07. The number of pyridine rings is 1. The highest BCUT2D eigenvalue weighted by atomic mass is 16.2. The summed E-state index contributed by atoms with van der Waals surface area (Å²) in [4.78, 5) is 27.7. The van der Waals surface area contributed by atoms with Crippen molar-refractivity contribution in [2.75, 3.05) is 5.32 Å². The van der Waals surface area contributed by atoms with Crippen LogP contribution in [0.4, 0.5) is 5.69 Å². The smallest absolute Gasteiger partial charge is 0.261 e. The largest absolute Gasteiger partial charge is 0.360 e. The molecule has 0 saturated heterocycles. The van der Waals surface area contributed by atoms with E-state index in [1.165, 1.54) is 6.20 Å². The number of carbonyl (C=O) groups is 1. The topological polar surface area (TPSA) is 62.0 Å². The predicted octanol–water partition coefficient (Wildman–Crippen LogP) is 1.62. The van der Waals surface area contributed by atoms with Gasteiger partial charge in [-0.15, -0.1) is 0 Å². The summed E-state index contributed by atoms with van der Waals surface area (Å²) in [5, 5.41) is 4.00. The van der Waals surface area contributed by atoms with Gasteiger partial charge in [-0.05, 0) is 25.5 Å². The summed E-state index contributed by atoms with van der Waals surface area (Å²) in [7, 11) is 0. The van der Waals surface area contributed by atoms with Gasteiger partial charge >= 0.3 is 0 Å². The van der Waals surface area contributed by atoms with E-state index in [1.807, 2.05) is 44.2 Å². The van der Waals surface area contributed by atoms with Crippen molar-refractivity contribution in [1.82, 2.24) is 4.98 Å². The lowest BCUT2D eigenvalue weighted by Gasteiger charge is -2.04. The van der Waals surface area contributed by atoms with Gasteiger partial charge in [0.25, 0.3) is 5.91 Å². The fourth-order valence-electron chi connectivity index (χ4n) is 2.09. The fourth-order valence-corrected chi connectivity index (χ4v) is 2.09. The van der Waals surface area contributed by atoms with Crippen molar-refractivity contribution in [2.45, 2.75) is 20.3 Å². The zero-order valence-corrected chi connectivity index (χ0v) is 12.1. The Hall–Kier alpha value is -2.62. The first kappa shape index (κ1) is 14.8. The molecule has 4 heteroatoms. The first-order valence-corrected chi connectivity index (χ1v) is 6.92. The molecular weight excluding hydrogens is 264 g/mol. The number of hydrogen-bond acceptors (Lipinski definition) is 2. The number of hydrogen-bond donors (Lipinski definition) is 2. The van der Waals surface area contributed by atoms with Crippen molar-refractivity contribution in [3.8, 4) is 0 Å². The van der Waals surface area contributed by atoms with E-state index in [0.717, 1.165) is 11.8 Å². The Morgan fingerprint density at radius 2 is 2.00 bits per heavy atom. The van der Waals surface area contributed by atoms with E-state index >= 15 is 0 Å². The number of para-hydroxylation sites is 1. The highest BCUT2D eigenvalue weighted by Gasteiger charge is 2.11. The average molecular weight is 282 g/mol. The molecule has 0 spiro atoms. The van der Waals surface area contributed by atoms with Gasteiger partial charge in [-0.25, -0.2) is 0 Å². The lowest BCUT2D eigenvalue weighted by atomic mass is 10.2. The molecule has 0 bridgehead atoms. The van der Waals surface area contributed by atoms with Crippen molar-refractivity contribution in [3.63, 3.8) is 0 Å². The first-order chi connectivity index (χ1) is 10.2. The van der Waals surface area contributed by atoms with E-state index in [4.69, 9.17) is 0 Å². The Balaban J connectivity index is 2.46.